The zero-order valence-electron chi connectivity index (χ0n) is 9.64. The molecule has 0 aromatic carbocycles. The Hall–Kier alpha value is -0.530. The van der Waals surface area contributed by atoms with Crippen molar-refractivity contribution in [1.82, 2.24) is 4.90 Å². The average molecular weight is 183 g/mol. The molecule has 0 unspecified atom stereocenters. The molecule has 1 saturated heterocycles. The first kappa shape index (κ1) is 10.6. The van der Waals surface area contributed by atoms with E-state index in [9.17, 15) is 4.79 Å². The smallest absolute Gasteiger partial charge is 0.223 e. The highest BCUT2D eigenvalue weighted by molar-refractivity contribution is 5.81. The van der Waals surface area contributed by atoms with Gasteiger partial charge >= 0.3 is 0 Å². The maximum Gasteiger partial charge on any atom is 0.223 e. The summed E-state index contributed by atoms with van der Waals surface area (Å²) < 4.78 is 0. The van der Waals surface area contributed by atoms with Gasteiger partial charge in [0.05, 0.1) is 0 Å². The van der Waals surface area contributed by atoms with E-state index < -0.39 is 0 Å². The molecule has 1 aliphatic heterocycles. The monoisotopic (exact) mass is 183 g/mol. The van der Waals surface area contributed by atoms with Crippen molar-refractivity contribution in [2.75, 3.05) is 0 Å². The van der Waals surface area contributed by atoms with Gasteiger partial charge in [0.25, 0.3) is 0 Å². The van der Waals surface area contributed by atoms with Crippen LogP contribution in [-0.2, 0) is 4.79 Å². The van der Waals surface area contributed by atoms with Gasteiger partial charge in [0.1, 0.15) is 0 Å². The molecule has 76 valence electrons. The number of carbonyl (C=O) groups excluding carboxylic acids is 1. The third kappa shape index (κ3) is 1.36. The van der Waals surface area contributed by atoms with Crippen LogP contribution in [0.2, 0.25) is 0 Å². The summed E-state index contributed by atoms with van der Waals surface area (Å²) in [6.07, 6.45) is 0.679. The Bertz CT molecular complexity index is 228. The summed E-state index contributed by atoms with van der Waals surface area (Å²) in [4.78, 5) is 13.8. The van der Waals surface area contributed by atoms with Crippen LogP contribution in [0.3, 0.4) is 0 Å². The molecule has 1 heterocycles. The van der Waals surface area contributed by atoms with Gasteiger partial charge in [-0.3, -0.25) is 4.79 Å². The van der Waals surface area contributed by atoms with Crippen LogP contribution in [-0.4, -0.2) is 22.4 Å². The minimum atomic E-state index is -0.0156. The molecule has 0 spiro atoms. The van der Waals surface area contributed by atoms with Gasteiger partial charge in [-0.25, -0.2) is 0 Å². The van der Waals surface area contributed by atoms with Gasteiger partial charge in [-0.05, 0) is 33.1 Å². The standard InChI is InChI=1S/C11H21NO/c1-8(2)12-9(13)7-10(3,4)11(12,5)6/h8H,7H2,1-6H3. The van der Waals surface area contributed by atoms with Crippen molar-refractivity contribution in [2.24, 2.45) is 5.41 Å². The van der Waals surface area contributed by atoms with Crippen molar-refractivity contribution in [3.63, 3.8) is 0 Å². The third-order valence-electron chi connectivity index (χ3n) is 3.64. The zero-order chi connectivity index (χ0) is 10.4. The normalized spacial score (nSPS) is 25.8. The Labute approximate surface area is 81.3 Å². The predicted octanol–water partition coefficient (Wildman–Crippen LogP) is 2.43. The molecule has 0 aliphatic carbocycles. The lowest BCUT2D eigenvalue weighted by atomic mass is 9.75. The summed E-state index contributed by atoms with van der Waals surface area (Å²) in [5.41, 5.74) is 0.0760. The molecule has 0 N–H and O–H groups in total. The van der Waals surface area contributed by atoms with E-state index in [1.807, 2.05) is 4.90 Å². The predicted molar refractivity (Wildman–Crippen MR) is 54.5 cm³/mol. The van der Waals surface area contributed by atoms with Gasteiger partial charge < -0.3 is 4.90 Å². The summed E-state index contributed by atoms with van der Waals surface area (Å²) in [6, 6.07) is 0.310. The van der Waals surface area contributed by atoms with E-state index in [4.69, 9.17) is 0 Å². The van der Waals surface area contributed by atoms with Gasteiger partial charge in [0.2, 0.25) is 5.91 Å². The van der Waals surface area contributed by atoms with E-state index in [2.05, 4.69) is 41.5 Å². The molecule has 0 radical (unpaired) electrons. The van der Waals surface area contributed by atoms with E-state index >= 15 is 0 Å². The molecule has 0 aromatic rings. The molecule has 0 aromatic heterocycles. The van der Waals surface area contributed by atoms with E-state index in [1.165, 1.54) is 0 Å². The molecular weight excluding hydrogens is 162 g/mol. The molecule has 0 saturated carbocycles. The Morgan fingerprint density at radius 2 is 1.69 bits per heavy atom. The van der Waals surface area contributed by atoms with Crippen LogP contribution < -0.4 is 0 Å². The maximum absolute atomic E-state index is 11.8. The minimum Gasteiger partial charge on any atom is -0.335 e. The van der Waals surface area contributed by atoms with Crippen LogP contribution in [0.25, 0.3) is 0 Å². The Morgan fingerprint density at radius 3 is 1.85 bits per heavy atom. The molecule has 0 atom stereocenters. The Balaban J connectivity index is 3.06. The zero-order valence-corrected chi connectivity index (χ0v) is 9.64. The highest BCUT2D eigenvalue weighted by Gasteiger charge is 2.52. The van der Waals surface area contributed by atoms with Crippen molar-refractivity contribution in [2.45, 2.75) is 59.5 Å². The van der Waals surface area contributed by atoms with Crippen molar-refractivity contribution in [3.8, 4) is 0 Å². The van der Waals surface area contributed by atoms with E-state index in [-0.39, 0.29) is 11.0 Å². The summed E-state index contributed by atoms with van der Waals surface area (Å²) in [7, 11) is 0. The highest BCUT2D eigenvalue weighted by atomic mass is 16.2. The molecule has 1 rings (SSSR count). The van der Waals surface area contributed by atoms with Gasteiger partial charge in [-0.1, -0.05) is 13.8 Å². The van der Waals surface area contributed by atoms with Crippen LogP contribution in [0.4, 0.5) is 0 Å². The number of carbonyl (C=O) groups is 1. The first-order valence-electron chi connectivity index (χ1n) is 5.02. The van der Waals surface area contributed by atoms with Gasteiger partial charge in [-0.15, -0.1) is 0 Å². The van der Waals surface area contributed by atoms with Crippen LogP contribution >= 0.6 is 0 Å². The molecule has 13 heavy (non-hydrogen) atoms. The van der Waals surface area contributed by atoms with Crippen molar-refractivity contribution < 1.29 is 4.79 Å². The largest absolute Gasteiger partial charge is 0.335 e. The second-order valence-electron chi connectivity index (χ2n) is 5.48. The number of hydrogen-bond acceptors (Lipinski definition) is 1. The molecular formula is C11H21NO. The Kier molecular flexibility index (Phi) is 2.21. The second-order valence-corrected chi connectivity index (χ2v) is 5.48. The lowest BCUT2D eigenvalue weighted by Crippen LogP contribution is -2.50. The first-order chi connectivity index (χ1) is 5.70. The van der Waals surface area contributed by atoms with Gasteiger partial charge in [0, 0.05) is 18.0 Å². The number of amides is 1. The Morgan fingerprint density at radius 1 is 1.23 bits per heavy atom. The average Bonchev–Trinajstić information content (AvgIpc) is 1.96. The molecule has 1 aliphatic rings. The van der Waals surface area contributed by atoms with Crippen molar-refractivity contribution in [3.05, 3.63) is 0 Å². The van der Waals surface area contributed by atoms with E-state index in [1.54, 1.807) is 0 Å². The fraction of sp³-hybridized carbons (Fsp3) is 0.909. The molecule has 2 nitrogen and oxygen atoms in total. The summed E-state index contributed by atoms with van der Waals surface area (Å²) in [5.74, 6) is 0.296. The van der Waals surface area contributed by atoms with Crippen LogP contribution in [0.15, 0.2) is 0 Å². The lowest BCUT2D eigenvalue weighted by Gasteiger charge is -2.42. The van der Waals surface area contributed by atoms with Gasteiger partial charge in [-0.2, -0.15) is 0 Å². The highest BCUT2D eigenvalue weighted by Crippen LogP contribution is 2.46. The van der Waals surface area contributed by atoms with E-state index in [0.29, 0.717) is 18.4 Å². The fourth-order valence-corrected chi connectivity index (χ4v) is 2.25. The number of rotatable bonds is 1. The summed E-state index contributed by atoms with van der Waals surface area (Å²) >= 11 is 0. The SMILES string of the molecule is CC(C)N1C(=O)CC(C)(C)C1(C)C. The topological polar surface area (TPSA) is 20.3 Å². The van der Waals surface area contributed by atoms with Crippen molar-refractivity contribution in [1.29, 1.82) is 0 Å². The summed E-state index contributed by atoms with van der Waals surface area (Å²) in [6.45, 7) is 12.8. The number of hydrogen-bond donors (Lipinski definition) is 0. The van der Waals surface area contributed by atoms with Crippen molar-refractivity contribution >= 4 is 5.91 Å². The molecule has 2 heteroatoms. The van der Waals surface area contributed by atoms with Gasteiger partial charge in [0.15, 0.2) is 0 Å². The number of nitrogens with zero attached hydrogens (tertiary/aromatic N) is 1. The van der Waals surface area contributed by atoms with Crippen LogP contribution in [0.5, 0.6) is 0 Å². The second kappa shape index (κ2) is 2.73. The summed E-state index contributed by atoms with van der Waals surface area (Å²) in [5, 5.41) is 0. The first-order valence-corrected chi connectivity index (χ1v) is 5.02. The number of likely N-dealkylation sites (tertiary alicyclic amines) is 1. The quantitative estimate of drug-likeness (QED) is 0.611. The van der Waals surface area contributed by atoms with Crippen LogP contribution in [0.1, 0.15) is 48.0 Å². The molecule has 0 bridgehead atoms. The molecule has 1 fully saturated rings. The minimum absolute atomic E-state index is 0.0156. The molecule has 1 amide bonds. The van der Waals surface area contributed by atoms with Crippen LogP contribution in [0, 0.1) is 5.41 Å². The maximum atomic E-state index is 11.8. The fourth-order valence-electron chi connectivity index (χ4n) is 2.25. The third-order valence-corrected chi connectivity index (χ3v) is 3.64. The van der Waals surface area contributed by atoms with E-state index in [0.717, 1.165) is 0 Å². The lowest BCUT2D eigenvalue weighted by molar-refractivity contribution is -0.132.